The Morgan fingerprint density at radius 2 is 1.95 bits per heavy atom. The zero-order chi connectivity index (χ0) is 15.0. The summed E-state index contributed by atoms with van der Waals surface area (Å²) in [6, 6.07) is 3.35. The summed E-state index contributed by atoms with van der Waals surface area (Å²) in [6.45, 7) is 0. The highest BCUT2D eigenvalue weighted by Gasteiger charge is 2.39. The number of amides is 1. The van der Waals surface area contributed by atoms with E-state index in [1.807, 2.05) is 0 Å². The Balaban J connectivity index is 1.79. The lowest BCUT2D eigenvalue weighted by molar-refractivity contribution is -0.120. The number of nitrogens with one attached hydrogen (secondary N) is 1. The normalized spacial score (nSPS) is 26.0. The molecule has 112 valence electrons. The summed E-state index contributed by atoms with van der Waals surface area (Å²) >= 11 is 6.12. The molecule has 4 nitrogen and oxygen atoms in total. The van der Waals surface area contributed by atoms with Gasteiger partial charge in [-0.25, -0.2) is 0 Å². The van der Waals surface area contributed by atoms with Crippen LogP contribution in [0.5, 0.6) is 11.5 Å². The van der Waals surface area contributed by atoms with Crippen molar-refractivity contribution < 1.29 is 14.3 Å². The van der Waals surface area contributed by atoms with Gasteiger partial charge in [-0.15, -0.1) is 0 Å². The first kappa shape index (κ1) is 14.3. The van der Waals surface area contributed by atoms with Crippen LogP contribution >= 0.6 is 11.6 Å². The number of hydrogen-bond donors (Lipinski definition) is 1. The predicted molar refractivity (Wildman–Crippen MR) is 82.0 cm³/mol. The summed E-state index contributed by atoms with van der Waals surface area (Å²) in [5, 5.41) is 3.39. The van der Waals surface area contributed by atoms with Crippen molar-refractivity contribution in [3.8, 4) is 11.5 Å². The van der Waals surface area contributed by atoms with E-state index in [4.69, 9.17) is 21.1 Å². The number of carbonyl (C=O) groups excluding carboxylic acids is 1. The molecule has 1 aromatic carbocycles. The molecule has 3 atom stereocenters. The van der Waals surface area contributed by atoms with Crippen molar-refractivity contribution in [1.29, 1.82) is 0 Å². The van der Waals surface area contributed by atoms with E-state index >= 15 is 0 Å². The Labute approximate surface area is 129 Å². The Hall–Kier alpha value is -1.68. The molecule has 0 aromatic heterocycles. The van der Waals surface area contributed by atoms with E-state index < -0.39 is 0 Å². The maximum atomic E-state index is 12.5. The van der Waals surface area contributed by atoms with Gasteiger partial charge in [0, 0.05) is 12.0 Å². The molecule has 0 radical (unpaired) electrons. The smallest absolute Gasteiger partial charge is 0.228 e. The van der Waals surface area contributed by atoms with Crippen molar-refractivity contribution in [2.24, 2.45) is 17.8 Å². The highest BCUT2D eigenvalue weighted by Crippen LogP contribution is 2.44. The molecule has 2 aliphatic rings. The second-order valence-corrected chi connectivity index (χ2v) is 5.97. The number of halogens is 1. The quantitative estimate of drug-likeness (QED) is 0.866. The van der Waals surface area contributed by atoms with Gasteiger partial charge in [-0.2, -0.15) is 0 Å². The molecular weight excluding hydrogens is 290 g/mol. The Bertz CT molecular complexity index is 599. The molecule has 0 spiro atoms. The molecule has 0 saturated heterocycles. The molecule has 1 N–H and O–H groups in total. The van der Waals surface area contributed by atoms with Crippen LogP contribution < -0.4 is 14.8 Å². The van der Waals surface area contributed by atoms with Crippen molar-refractivity contribution in [2.75, 3.05) is 19.5 Å². The average molecular weight is 308 g/mol. The van der Waals surface area contributed by atoms with E-state index in [-0.39, 0.29) is 11.8 Å². The number of allylic oxidation sites excluding steroid dienone is 2. The van der Waals surface area contributed by atoms with Crippen LogP contribution in [0.1, 0.15) is 12.8 Å². The molecular formula is C16H18ClNO3. The van der Waals surface area contributed by atoms with Gasteiger partial charge in [0.05, 0.1) is 24.9 Å². The van der Waals surface area contributed by atoms with Gasteiger partial charge >= 0.3 is 0 Å². The predicted octanol–water partition coefficient (Wildman–Crippen LogP) is 3.51. The molecule has 0 heterocycles. The Morgan fingerprint density at radius 1 is 1.19 bits per heavy atom. The van der Waals surface area contributed by atoms with E-state index in [2.05, 4.69) is 17.5 Å². The van der Waals surface area contributed by atoms with Crippen molar-refractivity contribution >= 4 is 23.2 Å². The molecule has 21 heavy (non-hydrogen) atoms. The van der Waals surface area contributed by atoms with Crippen LogP contribution in [0.4, 0.5) is 5.69 Å². The molecule has 0 aliphatic heterocycles. The van der Waals surface area contributed by atoms with Gasteiger partial charge in [-0.05, 0) is 30.7 Å². The second-order valence-electron chi connectivity index (χ2n) is 5.56. The SMILES string of the molecule is COc1cc(OC)c(NC(=O)[C@H]2C[C@H]3C=C[C@H]2C3)cc1Cl. The van der Waals surface area contributed by atoms with Crippen LogP contribution in [0.3, 0.4) is 0 Å². The van der Waals surface area contributed by atoms with E-state index in [1.165, 1.54) is 0 Å². The fourth-order valence-corrected chi connectivity index (χ4v) is 3.51. The number of anilines is 1. The summed E-state index contributed by atoms with van der Waals surface area (Å²) < 4.78 is 10.5. The summed E-state index contributed by atoms with van der Waals surface area (Å²) in [4.78, 5) is 12.5. The third kappa shape index (κ3) is 2.60. The highest BCUT2D eigenvalue weighted by molar-refractivity contribution is 6.32. The maximum absolute atomic E-state index is 12.5. The average Bonchev–Trinajstić information content (AvgIpc) is 3.10. The van der Waals surface area contributed by atoms with Crippen LogP contribution in [0.15, 0.2) is 24.3 Å². The standard InChI is InChI=1S/C16H18ClNO3/c1-20-14-8-15(21-2)13(7-12(14)17)18-16(19)11-6-9-3-4-10(11)5-9/h3-4,7-11H,5-6H2,1-2H3,(H,18,19)/t9-,10-,11-/m0/s1. The molecule has 1 saturated carbocycles. The third-order valence-electron chi connectivity index (χ3n) is 4.35. The molecule has 2 bridgehead atoms. The number of hydrogen-bond acceptors (Lipinski definition) is 3. The number of carbonyl (C=O) groups is 1. The monoisotopic (exact) mass is 307 g/mol. The third-order valence-corrected chi connectivity index (χ3v) is 4.64. The van der Waals surface area contributed by atoms with Crippen LogP contribution in [-0.4, -0.2) is 20.1 Å². The molecule has 1 fully saturated rings. The van der Waals surface area contributed by atoms with Gasteiger partial charge in [0.2, 0.25) is 5.91 Å². The van der Waals surface area contributed by atoms with Gasteiger partial charge in [0.15, 0.2) is 0 Å². The Kier molecular flexibility index (Phi) is 3.81. The molecule has 2 aliphatic carbocycles. The first-order valence-corrected chi connectivity index (χ1v) is 7.41. The van der Waals surface area contributed by atoms with Crippen LogP contribution in [0.25, 0.3) is 0 Å². The largest absolute Gasteiger partial charge is 0.495 e. The minimum Gasteiger partial charge on any atom is -0.495 e. The minimum absolute atomic E-state index is 0.0337. The zero-order valence-corrected chi connectivity index (χ0v) is 12.8. The van der Waals surface area contributed by atoms with Crippen LogP contribution in [-0.2, 0) is 4.79 Å². The van der Waals surface area contributed by atoms with E-state index in [0.717, 1.165) is 12.8 Å². The fourth-order valence-electron chi connectivity index (χ4n) is 3.27. The van der Waals surface area contributed by atoms with Crippen molar-refractivity contribution in [2.45, 2.75) is 12.8 Å². The first-order chi connectivity index (χ1) is 10.1. The summed E-state index contributed by atoms with van der Waals surface area (Å²) in [7, 11) is 3.10. The minimum atomic E-state index is 0.0337. The van der Waals surface area contributed by atoms with Gasteiger partial charge in [0.1, 0.15) is 11.5 Å². The van der Waals surface area contributed by atoms with Crippen LogP contribution in [0.2, 0.25) is 5.02 Å². The number of ether oxygens (including phenoxy) is 2. The summed E-state index contributed by atoms with van der Waals surface area (Å²) in [6.07, 6.45) is 6.41. The number of rotatable bonds is 4. The van der Waals surface area contributed by atoms with Gasteiger partial charge < -0.3 is 14.8 Å². The van der Waals surface area contributed by atoms with Gasteiger partial charge in [-0.3, -0.25) is 4.79 Å². The molecule has 0 unspecified atom stereocenters. The van der Waals surface area contributed by atoms with Crippen molar-refractivity contribution in [3.63, 3.8) is 0 Å². The molecule has 1 aromatic rings. The van der Waals surface area contributed by atoms with Crippen molar-refractivity contribution in [3.05, 3.63) is 29.3 Å². The zero-order valence-electron chi connectivity index (χ0n) is 12.1. The Morgan fingerprint density at radius 3 is 2.52 bits per heavy atom. The molecule has 3 rings (SSSR count). The highest BCUT2D eigenvalue weighted by atomic mass is 35.5. The molecule has 5 heteroatoms. The van der Waals surface area contributed by atoms with Crippen LogP contribution in [0, 0.1) is 17.8 Å². The lowest BCUT2D eigenvalue weighted by atomic mass is 9.93. The summed E-state index contributed by atoms with van der Waals surface area (Å²) in [5.74, 6) is 2.08. The van der Waals surface area contributed by atoms with Crippen molar-refractivity contribution in [1.82, 2.24) is 0 Å². The number of methoxy groups -OCH3 is 2. The lowest BCUT2D eigenvalue weighted by Crippen LogP contribution is -2.26. The maximum Gasteiger partial charge on any atom is 0.228 e. The van der Waals surface area contributed by atoms with E-state index in [1.54, 1.807) is 26.4 Å². The first-order valence-electron chi connectivity index (χ1n) is 7.03. The summed E-state index contributed by atoms with van der Waals surface area (Å²) in [5.41, 5.74) is 0.583. The van der Waals surface area contributed by atoms with E-state index in [0.29, 0.717) is 34.0 Å². The van der Waals surface area contributed by atoms with Gasteiger partial charge in [0.25, 0.3) is 0 Å². The molecule has 1 amide bonds. The number of benzene rings is 1. The van der Waals surface area contributed by atoms with E-state index in [9.17, 15) is 4.79 Å². The number of fused-ring (bicyclic) bond motifs is 2. The fraction of sp³-hybridized carbons (Fsp3) is 0.438. The lowest BCUT2D eigenvalue weighted by Gasteiger charge is -2.19. The topological polar surface area (TPSA) is 47.6 Å². The van der Waals surface area contributed by atoms with Gasteiger partial charge in [-0.1, -0.05) is 23.8 Å². The second kappa shape index (κ2) is 5.60.